The van der Waals surface area contributed by atoms with Crippen LogP contribution in [0.2, 0.25) is 0 Å². The van der Waals surface area contributed by atoms with Gasteiger partial charge in [0.05, 0.1) is 0 Å². The van der Waals surface area contributed by atoms with Gasteiger partial charge in [-0.2, -0.15) is 0 Å². The molecule has 2 aliphatic rings. The van der Waals surface area contributed by atoms with E-state index < -0.39 is 5.92 Å². The molecule has 0 spiro atoms. The third kappa shape index (κ3) is 2.54. The van der Waals surface area contributed by atoms with Crippen LogP contribution in [0.1, 0.15) is 33.6 Å². The highest BCUT2D eigenvalue weighted by molar-refractivity contribution is 4.95. The molecule has 0 radical (unpaired) electrons. The number of nitrogens with zero attached hydrogens (tertiary/aromatic N) is 2. The largest absolute Gasteiger partial charge is 0.297 e. The second-order valence-corrected chi connectivity index (χ2v) is 6.11. The van der Waals surface area contributed by atoms with E-state index in [9.17, 15) is 8.78 Å². The fourth-order valence-electron chi connectivity index (χ4n) is 2.65. The quantitative estimate of drug-likeness (QED) is 0.684. The van der Waals surface area contributed by atoms with Crippen molar-refractivity contribution in [1.82, 2.24) is 9.80 Å². The summed E-state index contributed by atoms with van der Waals surface area (Å²) < 4.78 is 25.5. The van der Waals surface area contributed by atoms with E-state index in [1.165, 1.54) is 0 Å². The summed E-state index contributed by atoms with van der Waals surface area (Å²) in [6, 6.07) is 0.136. The van der Waals surface area contributed by atoms with Gasteiger partial charge in [-0.05, 0) is 20.8 Å². The SMILES string of the molecule is CC(C)(C)N1CCN(C2CC(F)(F)C2)CC1. The molecular formula is C12H22F2N2. The first-order valence-electron chi connectivity index (χ1n) is 6.15. The Bertz CT molecular complexity index is 244. The van der Waals surface area contributed by atoms with E-state index in [1.807, 2.05) is 0 Å². The van der Waals surface area contributed by atoms with E-state index in [0.717, 1.165) is 26.2 Å². The van der Waals surface area contributed by atoms with E-state index in [4.69, 9.17) is 0 Å². The maximum absolute atomic E-state index is 12.8. The van der Waals surface area contributed by atoms with Gasteiger partial charge in [0.25, 0.3) is 5.92 Å². The van der Waals surface area contributed by atoms with Crippen molar-refractivity contribution < 1.29 is 8.78 Å². The van der Waals surface area contributed by atoms with Gasteiger partial charge in [-0.1, -0.05) is 0 Å². The fourth-order valence-corrected chi connectivity index (χ4v) is 2.65. The van der Waals surface area contributed by atoms with E-state index in [-0.39, 0.29) is 24.4 Å². The summed E-state index contributed by atoms with van der Waals surface area (Å²) >= 11 is 0. The van der Waals surface area contributed by atoms with Crippen molar-refractivity contribution in [3.63, 3.8) is 0 Å². The maximum atomic E-state index is 12.8. The summed E-state index contributed by atoms with van der Waals surface area (Å²) in [5.74, 6) is -2.38. The molecule has 1 saturated heterocycles. The predicted molar refractivity (Wildman–Crippen MR) is 60.9 cm³/mol. The Morgan fingerprint density at radius 2 is 1.50 bits per heavy atom. The third-order valence-electron chi connectivity index (χ3n) is 3.85. The smallest absolute Gasteiger partial charge is 0.251 e. The highest BCUT2D eigenvalue weighted by Crippen LogP contribution is 2.40. The van der Waals surface area contributed by atoms with Crippen molar-refractivity contribution >= 4 is 0 Å². The van der Waals surface area contributed by atoms with Crippen LogP contribution in [0.4, 0.5) is 8.78 Å². The Morgan fingerprint density at radius 1 is 1.00 bits per heavy atom. The molecule has 0 amide bonds. The minimum absolute atomic E-state index is 0.0719. The molecule has 2 rings (SSSR count). The van der Waals surface area contributed by atoms with Crippen LogP contribution >= 0.6 is 0 Å². The van der Waals surface area contributed by atoms with Crippen LogP contribution in [0.25, 0.3) is 0 Å². The van der Waals surface area contributed by atoms with Crippen LogP contribution in [0.5, 0.6) is 0 Å². The zero-order valence-corrected chi connectivity index (χ0v) is 10.5. The molecule has 0 aromatic carbocycles. The molecule has 0 bridgehead atoms. The first kappa shape index (κ1) is 12.2. The van der Waals surface area contributed by atoms with E-state index in [1.54, 1.807) is 0 Å². The standard InChI is InChI=1S/C12H22F2N2/c1-11(2,3)16-6-4-15(5-7-16)10-8-12(13,14)9-10/h10H,4-9H2,1-3H3. The van der Waals surface area contributed by atoms with Crippen LogP contribution in [0.15, 0.2) is 0 Å². The number of alkyl halides is 2. The topological polar surface area (TPSA) is 6.48 Å². The van der Waals surface area contributed by atoms with Gasteiger partial charge in [-0.25, -0.2) is 8.78 Å². The molecule has 0 unspecified atom stereocenters. The van der Waals surface area contributed by atoms with Gasteiger partial charge < -0.3 is 0 Å². The van der Waals surface area contributed by atoms with Crippen molar-refractivity contribution in [2.24, 2.45) is 0 Å². The lowest BCUT2D eigenvalue weighted by molar-refractivity contribution is -0.132. The Morgan fingerprint density at radius 3 is 1.88 bits per heavy atom. The van der Waals surface area contributed by atoms with E-state index in [2.05, 4.69) is 30.6 Å². The summed E-state index contributed by atoms with van der Waals surface area (Å²) in [6.45, 7) is 10.5. The average Bonchev–Trinajstić information content (AvgIpc) is 2.13. The molecular weight excluding hydrogens is 210 g/mol. The molecule has 2 nitrogen and oxygen atoms in total. The summed E-state index contributed by atoms with van der Waals surface area (Å²) in [5, 5.41) is 0. The Hall–Kier alpha value is -0.220. The van der Waals surface area contributed by atoms with Crippen molar-refractivity contribution in [1.29, 1.82) is 0 Å². The number of hydrogen-bond donors (Lipinski definition) is 0. The first-order valence-corrected chi connectivity index (χ1v) is 6.15. The lowest BCUT2D eigenvalue weighted by atomic mass is 9.86. The van der Waals surface area contributed by atoms with Crippen LogP contribution < -0.4 is 0 Å². The number of halogens is 2. The summed E-state index contributed by atoms with van der Waals surface area (Å²) in [7, 11) is 0. The summed E-state index contributed by atoms with van der Waals surface area (Å²) in [5.41, 5.74) is 0.204. The van der Waals surface area contributed by atoms with Gasteiger partial charge in [0.2, 0.25) is 0 Å². The first-order chi connectivity index (χ1) is 7.28. The molecule has 1 aliphatic carbocycles. The Kier molecular flexibility index (Phi) is 2.99. The molecule has 0 N–H and O–H groups in total. The zero-order chi connectivity index (χ0) is 12.0. The molecule has 0 aromatic heterocycles. The molecule has 1 saturated carbocycles. The monoisotopic (exact) mass is 232 g/mol. The van der Waals surface area contributed by atoms with E-state index >= 15 is 0 Å². The van der Waals surface area contributed by atoms with Crippen LogP contribution in [-0.2, 0) is 0 Å². The van der Waals surface area contributed by atoms with E-state index in [0.29, 0.717) is 0 Å². The number of hydrogen-bond acceptors (Lipinski definition) is 2. The van der Waals surface area contributed by atoms with Gasteiger partial charge in [-0.15, -0.1) is 0 Å². The van der Waals surface area contributed by atoms with Crippen LogP contribution in [0.3, 0.4) is 0 Å². The summed E-state index contributed by atoms with van der Waals surface area (Å²) in [6.07, 6.45) is 0.144. The van der Waals surface area contributed by atoms with Gasteiger partial charge in [0.1, 0.15) is 0 Å². The van der Waals surface area contributed by atoms with Gasteiger partial charge in [-0.3, -0.25) is 9.80 Å². The average molecular weight is 232 g/mol. The van der Waals surface area contributed by atoms with Crippen molar-refractivity contribution in [3.8, 4) is 0 Å². The van der Waals surface area contributed by atoms with Crippen molar-refractivity contribution in [3.05, 3.63) is 0 Å². The summed E-state index contributed by atoms with van der Waals surface area (Å²) in [4.78, 5) is 4.67. The molecule has 1 aliphatic heterocycles. The fraction of sp³-hybridized carbons (Fsp3) is 1.00. The number of piperazine rings is 1. The lowest BCUT2D eigenvalue weighted by Gasteiger charge is -2.48. The molecule has 0 aromatic rings. The molecule has 94 valence electrons. The second kappa shape index (κ2) is 3.91. The molecule has 0 atom stereocenters. The van der Waals surface area contributed by atoms with Gasteiger partial charge in [0.15, 0.2) is 0 Å². The van der Waals surface area contributed by atoms with Gasteiger partial charge in [0, 0.05) is 50.6 Å². The van der Waals surface area contributed by atoms with Crippen molar-refractivity contribution in [2.75, 3.05) is 26.2 Å². The molecule has 2 fully saturated rings. The molecule has 4 heteroatoms. The highest BCUT2D eigenvalue weighted by Gasteiger charge is 2.48. The zero-order valence-electron chi connectivity index (χ0n) is 10.5. The van der Waals surface area contributed by atoms with Crippen LogP contribution in [-0.4, -0.2) is 53.5 Å². The Balaban J connectivity index is 1.78. The lowest BCUT2D eigenvalue weighted by Crippen LogP contribution is -2.59. The third-order valence-corrected chi connectivity index (χ3v) is 3.85. The second-order valence-electron chi connectivity index (χ2n) is 6.11. The minimum Gasteiger partial charge on any atom is -0.297 e. The molecule has 1 heterocycles. The predicted octanol–water partition coefficient (Wildman–Crippen LogP) is 2.20. The number of rotatable bonds is 1. The maximum Gasteiger partial charge on any atom is 0.251 e. The van der Waals surface area contributed by atoms with Crippen LogP contribution in [0, 0.1) is 0 Å². The van der Waals surface area contributed by atoms with Crippen molar-refractivity contribution in [2.45, 2.75) is 51.1 Å². The Labute approximate surface area is 96.6 Å². The molecule has 16 heavy (non-hydrogen) atoms. The normalized spacial score (nSPS) is 29.1. The van der Waals surface area contributed by atoms with Gasteiger partial charge >= 0.3 is 0 Å². The highest BCUT2D eigenvalue weighted by atomic mass is 19.3. The minimum atomic E-state index is -2.38.